The Bertz CT molecular complexity index is 638. The highest BCUT2D eigenvalue weighted by molar-refractivity contribution is 7.17. The van der Waals surface area contributed by atoms with Crippen molar-refractivity contribution in [2.45, 2.75) is 37.4 Å². The zero-order valence-electron chi connectivity index (χ0n) is 10.4. The summed E-state index contributed by atoms with van der Waals surface area (Å²) in [6.45, 7) is 0. The minimum atomic E-state index is -0.0487. The Hall–Kier alpha value is -1.46. The fraction of sp³-hybridized carbons (Fsp3) is 0.429. The highest BCUT2D eigenvalue weighted by Crippen LogP contribution is 2.28. The third-order valence-electron chi connectivity index (χ3n) is 4.19. The van der Waals surface area contributed by atoms with Crippen LogP contribution < -0.4 is 10.6 Å². The molecule has 0 saturated carbocycles. The van der Waals surface area contributed by atoms with E-state index in [1.165, 1.54) is 12.8 Å². The second-order valence-corrected chi connectivity index (χ2v) is 6.34. The second-order valence-electron chi connectivity index (χ2n) is 5.39. The molecule has 2 fully saturated rings. The Morgan fingerprint density at radius 3 is 3.21 bits per heavy atom. The Morgan fingerprint density at radius 2 is 2.42 bits per heavy atom. The molecule has 0 aromatic carbocycles. The lowest BCUT2D eigenvalue weighted by molar-refractivity contribution is 0.0926. The van der Waals surface area contributed by atoms with Gasteiger partial charge in [0.05, 0.1) is 4.70 Å². The van der Waals surface area contributed by atoms with Gasteiger partial charge in [-0.1, -0.05) is 0 Å². The average molecular weight is 273 g/mol. The molecule has 2 aromatic heterocycles. The molecule has 2 saturated heterocycles. The van der Waals surface area contributed by atoms with Crippen LogP contribution >= 0.6 is 11.3 Å². The Balaban J connectivity index is 1.53. The van der Waals surface area contributed by atoms with E-state index in [4.69, 9.17) is 0 Å². The second kappa shape index (κ2) is 4.28. The number of pyridine rings is 1. The lowest BCUT2D eigenvalue weighted by atomic mass is 9.95. The van der Waals surface area contributed by atoms with E-state index in [2.05, 4.69) is 15.6 Å². The molecule has 1 amide bonds. The predicted molar refractivity (Wildman–Crippen MR) is 75.4 cm³/mol. The summed E-state index contributed by atoms with van der Waals surface area (Å²) in [4.78, 5) is 16.5. The first-order chi connectivity index (χ1) is 9.29. The van der Waals surface area contributed by atoms with E-state index >= 15 is 0 Å². The van der Waals surface area contributed by atoms with E-state index in [0.717, 1.165) is 16.5 Å². The third kappa shape index (κ3) is 1.93. The highest BCUT2D eigenvalue weighted by atomic mass is 32.1. The molecule has 2 N–H and O–H groups in total. The number of aromatic nitrogens is 1. The molecule has 4 heterocycles. The largest absolute Gasteiger partial charge is 0.346 e. The van der Waals surface area contributed by atoms with Gasteiger partial charge in [-0.2, -0.15) is 0 Å². The van der Waals surface area contributed by atoms with Gasteiger partial charge < -0.3 is 10.6 Å². The normalized spacial score (nSPS) is 28.9. The molecule has 2 bridgehead atoms. The van der Waals surface area contributed by atoms with Gasteiger partial charge in [-0.05, 0) is 42.2 Å². The predicted octanol–water partition coefficient (Wildman–Crippen LogP) is 1.92. The van der Waals surface area contributed by atoms with Gasteiger partial charge in [0, 0.05) is 24.3 Å². The monoisotopic (exact) mass is 273 g/mol. The fourth-order valence-electron chi connectivity index (χ4n) is 3.22. The Kier molecular flexibility index (Phi) is 2.56. The van der Waals surface area contributed by atoms with Crippen LogP contribution in [0.3, 0.4) is 0 Å². The van der Waals surface area contributed by atoms with E-state index in [0.29, 0.717) is 17.8 Å². The number of nitrogens with one attached hydrogen (secondary N) is 2. The first-order valence-electron chi connectivity index (χ1n) is 6.70. The van der Waals surface area contributed by atoms with Crippen molar-refractivity contribution in [1.29, 1.82) is 0 Å². The maximum Gasteiger partial charge on any atom is 0.270 e. The SMILES string of the molecule is O=C(N[C@@H]1C[C@@H]2CC[C@@H]1N2)c1cc2ccsc2cn1. The van der Waals surface area contributed by atoms with Crippen molar-refractivity contribution in [3.63, 3.8) is 0 Å². The summed E-state index contributed by atoms with van der Waals surface area (Å²) in [6, 6.07) is 5.23. The number of fused-ring (bicyclic) bond motifs is 3. The minimum Gasteiger partial charge on any atom is -0.346 e. The Labute approximate surface area is 115 Å². The summed E-state index contributed by atoms with van der Waals surface area (Å²) in [7, 11) is 0. The molecule has 4 rings (SSSR count). The van der Waals surface area contributed by atoms with Gasteiger partial charge >= 0.3 is 0 Å². The fourth-order valence-corrected chi connectivity index (χ4v) is 3.96. The van der Waals surface area contributed by atoms with Crippen LogP contribution in [0.15, 0.2) is 23.7 Å². The number of nitrogens with zero attached hydrogens (tertiary/aromatic N) is 1. The van der Waals surface area contributed by atoms with E-state index in [1.807, 2.05) is 17.5 Å². The molecule has 3 atom stereocenters. The van der Waals surface area contributed by atoms with Crippen molar-refractivity contribution < 1.29 is 4.79 Å². The van der Waals surface area contributed by atoms with Crippen LogP contribution in [0, 0.1) is 0 Å². The number of carbonyl (C=O) groups excluding carboxylic acids is 1. The third-order valence-corrected chi connectivity index (χ3v) is 5.06. The summed E-state index contributed by atoms with van der Waals surface area (Å²) in [5.41, 5.74) is 0.522. The first kappa shape index (κ1) is 11.4. The number of rotatable bonds is 2. The topological polar surface area (TPSA) is 54.0 Å². The average Bonchev–Trinajstić information content (AvgIpc) is 3.13. The molecule has 5 heteroatoms. The number of amides is 1. The molecule has 2 aromatic rings. The first-order valence-corrected chi connectivity index (χ1v) is 7.58. The maximum absolute atomic E-state index is 12.2. The molecule has 0 aliphatic carbocycles. The summed E-state index contributed by atoms with van der Waals surface area (Å²) in [5, 5.41) is 9.77. The molecular formula is C14H15N3OS. The van der Waals surface area contributed by atoms with E-state index in [-0.39, 0.29) is 11.9 Å². The zero-order chi connectivity index (χ0) is 12.8. The molecule has 4 nitrogen and oxygen atoms in total. The lowest BCUT2D eigenvalue weighted by Gasteiger charge is -2.21. The van der Waals surface area contributed by atoms with Crippen molar-refractivity contribution >= 4 is 27.3 Å². The van der Waals surface area contributed by atoms with Gasteiger partial charge in [0.1, 0.15) is 5.69 Å². The molecule has 0 spiro atoms. The number of hydrogen-bond donors (Lipinski definition) is 2. The van der Waals surface area contributed by atoms with Crippen LogP contribution in [0.25, 0.3) is 10.1 Å². The lowest BCUT2D eigenvalue weighted by Crippen LogP contribution is -2.43. The van der Waals surface area contributed by atoms with Crippen molar-refractivity contribution in [2.24, 2.45) is 0 Å². The van der Waals surface area contributed by atoms with Gasteiger partial charge in [-0.3, -0.25) is 4.79 Å². The molecule has 19 heavy (non-hydrogen) atoms. The van der Waals surface area contributed by atoms with Crippen LogP contribution in [0.5, 0.6) is 0 Å². The van der Waals surface area contributed by atoms with Crippen molar-refractivity contribution in [1.82, 2.24) is 15.6 Å². The van der Waals surface area contributed by atoms with Crippen molar-refractivity contribution in [3.8, 4) is 0 Å². The molecule has 0 unspecified atom stereocenters. The van der Waals surface area contributed by atoms with E-state index < -0.39 is 0 Å². The molecular weight excluding hydrogens is 258 g/mol. The molecule has 2 aliphatic heterocycles. The van der Waals surface area contributed by atoms with Crippen molar-refractivity contribution in [2.75, 3.05) is 0 Å². The molecule has 0 radical (unpaired) electrons. The molecule has 98 valence electrons. The summed E-state index contributed by atoms with van der Waals surface area (Å²) >= 11 is 1.65. The van der Waals surface area contributed by atoms with Gasteiger partial charge in [-0.25, -0.2) is 4.98 Å². The maximum atomic E-state index is 12.2. The number of thiophene rings is 1. The van der Waals surface area contributed by atoms with Gasteiger partial charge in [0.2, 0.25) is 0 Å². The standard InChI is InChI=1S/C14H15N3OS/c18-14(17-11-6-9-1-2-10(11)16-9)12-5-8-3-4-19-13(8)7-15-12/h3-5,7,9-11,16H,1-2,6H2,(H,17,18)/t9-,10-,11+/m0/s1. The quantitative estimate of drug-likeness (QED) is 0.879. The Morgan fingerprint density at radius 1 is 1.47 bits per heavy atom. The van der Waals surface area contributed by atoms with Crippen LogP contribution in [0.1, 0.15) is 29.8 Å². The van der Waals surface area contributed by atoms with Gasteiger partial charge in [-0.15, -0.1) is 11.3 Å². The summed E-state index contributed by atoms with van der Waals surface area (Å²) in [5.74, 6) is -0.0487. The van der Waals surface area contributed by atoms with Gasteiger partial charge in [0.25, 0.3) is 5.91 Å². The van der Waals surface area contributed by atoms with Crippen LogP contribution in [0.2, 0.25) is 0 Å². The number of carbonyl (C=O) groups is 1. The zero-order valence-corrected chi connectivity index (χ0v) is 11.2. The van der Waals surface area contributed by atoms with Crippen molar-refractivity contribution in [3.05, 3.63) is 29.4 Å². The van der Waals surface area contributed by atoms with Crippen LogP contribution in [-0.2, 0) is 0 Å². The smallest absolute Gasteiger partial charge is 0.270 e. The highest BCUT2D eigenvalue weighted by Gasteiger charge is 2.39. The van der Waals surface area contributed by atoms with E-state index in [9.17, 15) is 4.79 Å². The molecule has 2 aliphatic rings. The van der Waals surface area contributed by atoms with Gasteiger partial charge in [0.15, 0.2) is 0 Å². The number of hydrogen-bond acceptors (Lipinski definition) is 4. The van der Waals surface area contributed by atoms with E-state index in [1.54, 1.807) is 17.5 Å². The summed E-state index contributed by atoms with van der Waals surface area (Å²) < 4.78 is 1.12. The minimum absolute atomic E-state index is 0.0487. The van der Waals surface area contributed by atoms with Crippen LogP contribution in [0.4, 0.5) is 0 Å². The van der Waals surface area contributed by atoms with Crippen LogP contribution in [-0.4, -0.2) is 29.0 Å². The summed E-state index contributed by atoms with van der Waals surface area (Å²) in [6.07, 6.45) is 5.26.